The van der Waals surface area contributed by atoms with E-state index in [-0.39, 0.29) is 5.60 Å². The zero-order chi connectivity index (χ0) is 11.3. The van der Waals surface area contributed by atoms with E-state index in [1.54, 1.807) is 0 Å². The molecule has 0 saturated carbocycles. The minimum atomic E-state index is -0.226. The molecule has 0 N–H and O–H groups in total. The van der Waals surface area contributed by atoms with Gasteiger partial charge in [-0.2, -0.15) is 0 Å². The first-order valence-electron chi connectivity index (χ1n) is 5.72. The maximum absolute atomic E-state index is 5.96. The third-order valence-electron chi connectivity index (χ3n) is 2.96. The van der Waals surface area contributed by atoms with Crippen LogP contribution in [0.2, 0.25) is 0 Å². The highest BCUT2D eigenvalue weighted by Crippen LogP contribution is 2.35. The Morgan fingerprint density at radius 1 is 1.33 bits per heavy atom. The first kappa shape index (κ1) is 12.2. The molecule has 1 rings (SSSR count). The lowest BCUT2D eigenvalue weighted by Crippen LogP contribution is -2.35. The van der Waals surface area contributed by atoms with Crippen molar-refractivity contribution in [3.8, 4) is 0 Å². The molecule has 1 unspecified atom stereocenters. The minimum Gasteiger partial charge on any atom is -0.369 e. The lowest BCUT2D eigenvalue weighted by atomic mass is 9.84. The van der Waals surface area contributed by atoms with Crippen molar-refractivity contribution in [2.24, 2.45) is 5.92 Å². The molecule has 0 radical (unpaired) electrons. The fraction of sp³-hybridized carbons (Fsp3) is 0.615. The molecule has 2 heteroatoms. The average molecular weight is 207 g/mol. The van der Waals surface area contributed by atoms with Crippen LogP contribution in [0.4, 0.5) is 0 Å². The Labute approximate surface area is 92.7 Å². The number of hydrogen-bond acceptors (Lipinski definition) is 2. The number of aromatic nitrogens is 1. The molecule has 0 aliphatic heterocycles. The maximum atomic E-state index is 5.96. The summed E-state index contributed by atoms with van der Waals surface area (Å²) in [5.74, 6) is 0.428. The summed E-state index contributed by atoms with van der Waals surface area (Å²) in [7, 11) is 0. The third-order valence-corrected chi connectivity index (χ3v) is 2.96. The van der Waals surface area contributed by atoms with E-state index in [0.717, 1.165) is 18.7 Å². The molecular formula is C13H21NO. The van der Waals surface area contributed by atoms with Crippen LogP contribution in [0.3, 0.4) is 0 Å². The molecule has 15 heavy (non-hydrogen) atoms. The van der Waals surface area contributed by atoms with Crippen LogP contribution in [0.5, 0.6) is 0 Å². The summed E-state index contributed by atoms with van der Waals surface area (Å²) in [4.78, 5) is 4.44. The van der Waals surface area contributed by atoms with E-state index in [1.807, 2.05) is 25.3 Å². The molecule has 1 atom stereocenters. The van der Waals surface area contributed by atoms with E-state index in [1.165, 1.54) is 0 Å². The lowest BCUT2D eigenvalue weighted by Gasteiger charge is -2.36. The fourth-order valence-corrected chi connectivity index (χ4v) is 2.10. The standard InChI is InChI=1S/C13H21NO/c1-5-13(11(3)4,15-6-2)12-9-7-8-10-14-12/h7-11H,5-6H2,1-4H3. The quantitative estimate of drug-likeness (QED) is 0.738. The molecule has 0 bridgehead atoms. The minimum absolute atomic E-state index is 0.226. The third kappa shape index (κ3) is 2.37. The van der Waals surface area contributed by atoms with Crippen molar-refractivity contribution < 1.29 is 4.74 Å². The van der Waals surface area contributed by atoms with Crippen molar-refractivity contribution in [2.75, 3.05) is 6.61 Å². The number of rotatable bonds is 5. The number of ether oxygens (including phenoxy) is 1. The van der Waals surface area contributed by atoms with Gasteiger partial charge in [-0.25, -0.2) is 0 Å². The second-order valence-corrected chi connectivity index (χ2v) is 4.05. The van der Waals surface area contributed by atoms with Gasteiger partial charge in [0, 0.05) is 12.8 Å². The number of hydrogen-bond donors (Lipinski definition) is 0. The van der Waals surface area contributed by atoms with Gasteiger partial charge in [0.2, 0.25) is 0 Å². The van der Waals surface area contributed by atoms with Gasteiger partial charge in [0.25, 0.3) is 0 Å². The molecule has 0 amide bonds. The smallest absolute Gasteiger partial charge is 0.112 e. The predicted octanol–water partition coefficient (Wildman–Crippen LogP) is 3.38. The molecule has 0 spiro atoms. The highest BCUT2D eigenvalue weighted by Gasteiger charge is 2.35. The number of pyridine rings is 1. The molecule has 0 saturated heterocycles. The zero-order valence-corrected chi connectivity index (χ0v) is 10.2. The average Bonchev–Trinajstić information content (AvgIpc) is 2.26. The highest BCUT2D eigenvalue weighted by atomic mass is 16.5. The van der Waals surface area contributed by atoms with Crippen LogP contribution in [0.25, 0.3) is 0 Å². The molecule has 0 aliphatic rings. The summed E-state index contributed by atoms with van der Waals surface area (Å²) in [5.41, 5.74) is 0.820. The molecule has 0 aliphatic carbocycles. The summed E-state index contributed by atoms with van der Waals surface area (Å²) >= 11 is 0. The van der Waals surface area contributed by atoms with Crippen molar-refractivity contribution in [3.63, 3.8) is 0 Å². The SMILES string of the molecule is CCOC(CC)(c1ccccn1)C(C)C. The Bertz CT molecular complexity index is 284. The Hall–Kier alpha value is -0.890. The van der Waals surface area contributed by atoms with E-state index in [0.29, 0.717) is 5.92 Å². The van der Waals surface area contributed by atoms with Crippen molar-refractivity contribution in [1.29, 1.82) is 0 Å². The van der Waals surface area contributed by atoms with E-state index < -0.39 is 0 Å². The van der Waals surface area contributed by atoms with Gasteiger partial charge in [-0.05, 0) is 31.4 Å². The van der Waals surface area contributed by atoms with Crippen LogP contribution in [0.15, 0.2) is 24.4 Å². The predicted molar refractivity (Wildman–Crippen MR) is 62.7 cm³/mol. The second kappa shape index (κ2) is 5.26. The Kier molecular flexibility index (Phi) is 4.28. The van der Waals surface area contributed by atoms with Gasteiger partial charge in [0.1, 0.15) is 5.60 Å². The van der Waals surface area contributed by atoms with Crippen LogP contribution in [0.1, 0.15) is 39.8 Å². The van der Waals surface area contributed by atoms with Gasteiger partial charge in [-0.15, -0.1) is 0 Å². The summed E-state index contributed by atoms with van der Waals surface area (Å²) in [6, 6.07) is 6.02. The molecule has 0 fully saturated rings. The van der Waals surface area contributed by atoms with Crippen LogP contribution < -0.4 is 0 Å². The monoisotopic (exact) mass is 207 g/mol. The van der Waals surface area contributed by atoms with E-state index >= 15 is 0 Å². The topological polar surface area (TPSA) is 22.1 Å². The first-order valence-corrected chi connectivity index (χ1v) is 5.72. The van der Waals surface area contributed by atoms with Crippen LogP contribution >= 0.6 is 0 Å². The van der Waals surface area contributed by atoms with Crippen molar-refractivity contribution >= 4 is 0 Å². The van der Waals surface area contributed by atoms with Crippen molar-refractivity contribution in [3.05, 3.63) is 30.1 Å². The van der Waals surface area contributed by atoms with Crippen LogP contribution in [-0.2, 0) is 10.3 Å². The van der Waals surface area contributed by atoms with Gasteiger partial charge >= 0.3 is 0 Å². The summed E-state index contributed by atoms with van der Waals surface area (Å²) < 4.78 is 5.96. The largest absolute Gasteiger partial charge is 0.369 e. The van der Waals surface area contributed by atoms with Gasteiger partial charge in [-0.3, -0.25) is 4.98 Å². The van der Waals surface area contributed by atoms with Gasteiger partial charge < -0.3 is 4.74 Å². The van der Waals surface area contributed by atoms with Crippen molar-refractivity contribution in [2.45, 2.75) is 39.7 Å². The van der Waals surface area contributed by atoms with Gasteiger partial charge in [0.15, 0.2) is 0 Å². The van der Waals surface area contributed by atoms with Crippen LogP contribution in [-0.4, -0.2) is 11.6 Å². The van der Waals surface area contributed by atoms with E-state index in [2.05, 4.69) is 31.8 Å². The van der Waals surface area contributed by atoms with Gasteiger partial charge in [0.05, 0.1) is 5.69 Å². The molecule has 1 aromatic rings. The van der Waals surface area contributed by atoms with E-state index in [9.17, 15) is 0 Å². The lowest BCUT2D eigenvalue weighted by molar-refractivity contribution is -0.0851. The maximum Gasteiger partial charge on any atom is 0.112 e. The first-order chi connectivity index (χ1) is 7.17. The summed E-state index contributed by atoms with van der Waals surface area (Å²) in [6.45, 7) is 9.30. The van der Waals surface area contributed by atoms with Crippen LogP contribution in [0, 0.1) is 5.92 Å². The summed E-state index contributed by atoms with van der Waals surface area (Å²) in [6.07, 6.45) is 2.79. The van der Waals surface area contributed by atoms with Crippen molar-refractivity contribution in [1.82, 2.24) is 4.98 Å². The molecule has 84 valence electrons. The normalized spacial score (nSPS) is 15.3. The second-order valence-electron chi connectivity index (χ2n) is 4.05. The Balaban J connectivity index is 3.09. The summed E-state index contributed by atoms with van der Waals surface area (Å²) in [5, 5.41) is 0. The highest BCUT2D eigenvalue weighted by molar-refractivity contribution is 5.14. The van der Waals surface area contributed by atoms with Gasteiger partial charge in [-0.1, -0.05) is 26.8 Å². The molecule has 1 heterocycles. The Morgan fingerprint density at radius 3 is 2.47 bits per heavy atom. The van der Waals surface area contributed by atoms with E-state index in [4.69, 9.17) is 4.74 Å². The number of nitrogens with zero attached hydrogens (tertiary/aromatic N) is 1. The molecule has 1 aromatic heterocycles. The molecule has 0 aromatic carbocycles. The molecule has 2 nitrogen and oxygen atoms in total. The zero-order valence-electron chi connectivity index (χ0n) is 10.2. The Morgan fingerprint density at radius 2 is 2.07 bits per heavy atom. The fourth-order valence-electron chi connectivity index (χ4n) is 2.10. The molecular weight excluding hydrogens is 186 g/mol.